The largest absolute Gasteiger partial charge is 0.339 e. The van der Waals surface area contributed by atoms with E-state index in [0.717, 1.165) is 31.8 Å². The van der Waals surface area contributed by atoms with E-state index in [9.17, 15) is 4.39 Å². The van der Waals surface area contributed by atoms with Crippen molar-refractivity contribution in [2.75, 3.05) is 13.1 Å². The molecule has 2 fully saturated rings. The molecule has 2 atom stereocenters. The highest BCUT2D eigenvalue weighted by molar-refractivity contribution is 5.85. The number of piperidine rings is 1. The Labute approximate surface area is 106 Å². The molecule has 17 heavy (non-hydrogen) atoms. The van der Waals surface area contributed by atoms with E-state index in [2.05, 4.69) is 22.4 Å². The van der Waals surface area contributed by atoms with Crippen LogP contribution in [0, 0.1) is 0 Å². The Kier molecular flexibility index (Phi) is 3.41. The number of nitrogens with one attached hydrogen (secondary N) is 1. The molecule has 0 bridgehead atoms. The maximum absolute atomic E-state index is 12.9. The van der Waals surface area contributed by atoms with Gasteiger partial charge in [0.25, 0.3) is 0 Å². The molecule has 1 aromatic heterocycles. The Balaban J connectivity index is 0.00000108. The maximum atomic E-state index is 12.9. The summed E-state index contributed by atoms with van der Waals surface area (Å²) in [6.45, 7) is 4.12. The third kappa shape index (κ3) is 2.31. The summed E-state index contributed by atoms with van der Waals surface area (Å²) in [6.07, 6.45) is 1.79. The van der Waals surface area contributed by atoms with Crippen LogP contribution in [0.2, 0.25) is 0 Å². The minimum Gasteiger partial charge on any atom is -0.339 e. The SMILES string of the molecule is CC1(c2noc([C@H]3C[C@H]3F)n2)CCNCC1.Cl. The third-order valence-corrected chi connectivity index (χ3v) is 3.72. The summed E-state index contributed by atoms with van der Waals surface area (Å²) in [5, 5.41) is 7.34. The fourth-order valence-corrected chi connectivity index (χ4v) is 2.25. The second-order valence-electron chi connectivity index (χ2n) is 5.13. The van der Waals surface area contributed by atoms with Gasteiger partial charge in [0.2, 0.25) is 5.89 Å². The van der Waals surface area contributed by atoms with Crippen LogP contribution in [0.15, 0.2) is 4.52 Å². The number of nitrogens with zero attached hydrogens (tertiary/aromatic N) is 2. The van der Waals surface area contributed by atoms with Crippen molar-refractivity contribution < 1.29 is 8.91 Å². The highest BCUT2D eigenvalue weighted by atomic mass is 35.5. The van der Waals surface area contributed by atoms with Gasteiger partial charge in [-0.3, -0.25) is 0 Å². The minimum absolute atomic E-state index is 0. The van der Waals surface area contributed by atoms with Crippen LogP contribution in [-0.4, -0.2) is 29.4 Å². The third-order valence-electron chi connectivity index (χ3n) is 3.72. The standard InChI is InChI=1S/C11H16FN3O.ClH/c1-11(2-4-13-5-3-11)10-14-9(16-15-10)7-6-8(7)12;/h7-8,13H,2-6H2,1H3;1H/t7-,8+;/m0./s1. The molecule has 2 aliphatic rings. The van der Waals surface area contributed by atoms with Crippen molar-refractivity contribution in [2.24, 2.45) is 0 Å². The zero-order chi connectivity index (χ0) is 11.2. The molecule has 1 aliphatic heterocycles. The molecule has 96 valence electrons. The molecule has 0 aromatic carbocycles. The fraction of sp³-hybridized carbons (Fsp3) is 0.818. The first-order valence-corrected chi connectivity index (χ1v) is 5.88. The summed E-state index contributed by atoms with van der Waals surface area (Å²) in [4.78, 5) is 4.37. The van der Waals surface area contributed by atoms with Gasteiger partial charge in [0, 0.05) is 5.41 Å². The van der Waals surface area contributed by atoms with E-state index in [4.69, 9.17) is 4.52 Å². The van der Waals surface area contributed by atoms with E-state index < -0.39 is 6.17 Å². The first-order valence-electron chi connectivity index (χ1n) is 5.88. The monoisotopic (exact) mass is 261 g/mol. The van der Waals surface area contributed by atoms with Gasteiger partial charge in [-0.15, -0.1) is 12.4 Å². The minimum atomic E-state index is -0.769. The number of hydrogen-bond donors (Lipinski definition) is 1. The molecule has 2 heterocycles. The second kappa shape index (κ2) is 4.53. The molecular formula is C11H17ClFN3O. The molecule has 3 rings (SSSR count). The van der Waals surface area contributed by atoms with Crippen LogP contribution in [0.25, 0.3) is 0 Å². The Hall–Kier alpha value is -0.680. The van der Waals surface area contributed by atoms with E-state index >= 15 is 0 Å². The fourth-order valence-electron chi connectivity index (χ4n) is 2.25. The van der Waals surface area contributed by atoms with Crippen molar-refractivity contribution >= 4 is 12.4 Å². The number of alkyl halides is 1. The molecule has 1 aliphatic carbocycles. The first-order chi connectivity index (χ1) is 7.69. The lowest BCUT2D eigenvalue weighted by Crippen LogP contribution is -2.38. The van der Waals surface area contributed by atoms with Gasteiger partial charge < -0.3 is 9.84 Å². The number of rotatable bonds is 2. The van der Waals surface area contributed by atoms with E-state index in [-0.39, 0.29) is 23.7 Å². The van der Waals surface area contributed by atoms with Crippen molar-refractivity contribution in [3.63, 3.8) is 0 Å². The summed E-state index contributed by atoms with van der Waals surface area (Å²) in [7, 11) is 0. The van der Waals surface area contributed by atoms with Crippen LogP contribution in [-0.2, 0) is 5.41 Å². The van der Waals surface area contributed by atoms with Crippen molar-refractivity contribution in [1.82, 2.24) is 15.5 Å². The molecule has 4 nitrogen and oxygen atoms in total. The summed E-state index contributed by atoms with van der Waals surface area (Å²) in [5.74, 6) is 1.11. The molecule has 0 unspecified atom stereocenters. The van der Waals surface area contributed by atoms with Gasteiger partial charge in [0.05, 0.1) is 5.92 Å². The molecule has 0 spiro atoms. The van der Waals surface area contributed by atoms with E-state index in [1.165, 1.54) is 0 Å². The Morgan fingerprint density at radius 1 is 1.41 bits per heavy atom. The summed E-state index contributed by atoms with van der Waals surface area (Å²) in [5.41, 5.74) is -0.00625. The highest BCUT2D eigenvalue weighted by Crippen LogP contribution is 2.43. The Morgan fingerprint density at radius 3 is 2.65 bits per heavy atom. The quantitative estimate of drug-likeness (QED) is 0.884. The van der Waals surface area contributed by atoms with Gasteiger partial charge in [-0.05, 0) is 32.4 Å². The molecular weight excluding hydrogens is 245 g/mol. The number of hydrogen-bond acceptors (Lipinski definition) is 4. The number of halogens is 2. The average Bonchev–Trinajstić information content (AvgIpc) is 2.82. The normalized spacial score (nSPS) is 30.7. The Bertz CT molecular complexity index is 392. The lowest BCUT2D eigenvalue weighted by atomic mass is 9.80. The van der Waals surface area contributed by atoms with Gasteiger partial charge in [0.1, 0.15) is 6.17 Å². The van der Waals surface area contributed by atoms with Crippen LogP contribution in [0.5, 0.6) is 0 Å². The zero-order valence-corrected chi connectivity index (χ0v) is 10.6. The summed E-state index contributed by atoms with van der Waals surface area (Å²) in [6, 6.07) is 0. The van der Waals surface area contributed by atoms with Gasteiger partial charge in [-0.2, -0.15) is 4.98 Å². The summed E-state index contributed by atoms with van der Waals surface area (Å²) < 4.78 is 18.0. The smallest absolute Gasteiger partial charge is 0.232 e. The Morgan fingerprint density at radius 2 is 2.06 bits per heavy atom. The van der Waals surface area contributed by atoms with E-state index in [0.29, 0.717) is 12.3 Å². The van der Waals surface area contributed by atoms with Gasteiger partial charge >= 0.3 is 0 Å². The van der Waals surface area contributed by atoms with Crippen molar-refractivity contribution in [2.45, 2.75) is 43.7 Å². The first kappa shape index (κ1) is 12.8. The molecule has 0 radical (unpaired) electrons. The lowest BCUT2D eigenvalue weighted by molar-refractivity contribution is 0.298. The van der Waals surface area contributed by atoms with Crippen LogP contribution < -0.4 is 5.32 Å². The van der Waals surface area contributed by atoms with Crippen LogP contribution >= 0.6 is 12.4 Å². The van der Waals surface area contributed by atoms with Crippen LogP contribution in [0.4, 0.5) is 4.39 Å². The highest BCUT2D eigenvalue weighted by Gasteiger charge is 2.44. The molecule has 1 saturated heterocycles. The van der Waals surface area contributed by atoms with Crippen molar-refractivity contribution in [3.8, 4) is 0 Å². The van der Waals surface area contributed by atoms with Crippen LogP contribution in [0.3, 0.4) is 0 Å². The molecule has 1 N–H and O–H groups in total. The zero-order valence-electron chi connectivity index (χ0n) is 9.78. The average molecular weight is 262 g/mol. The predicted molar refractivity (Wildman–Crippen MR) is 63.3 cm³/mol. The molecule has 1 aromatic rings. The predicted octanol–water partition coefficient (Wildman–Crippen LogP) is 1.96. The van der Waals surface area contributed by atoms with E-state index in [1.54, 1.807) is 0 Å². The van der Waals surface area contributed by atoms with Crippen molar-refractivity contribution in [1.29, 1.82) is 0 Å². The van der Waals surface area contributed by atoms with Gasteiger partial charge in [0.15, 0.2) is 5.82 Å². The topological polar surface area (TPSA) is 51.0 Å². The molecule has 1 saturated carbocycles. The molecule has 0 amide bonds. The van der Waals surface area contributed by atoms with Crippen molar-refractivity contribution in [3.05, 3.63) is 11.7 Å². The maximum Gasteiger partial charge on any atom is 0.232 e. The lowest BCUT2D eigenvalue weighted by Gasteiger charge is -2.30. The summed E-state index contributed by atoms with van der Waals surface area (Å²) >= 11 is 0. The second-order valence-corrected chi connectivity index (χ2v) is 5.13. The number of aromatic nitrogens is 2. The van der Waals surface area contributed by atoms with Gasteiger partial charge in [-0.1, -0.05) is 12.1 Å². The van der Waals surface area contributed by atoms with Gasteiger partial charge in [-0.25, -0.2) is 4.39 Å². The van der Waals surface area contributed by atoms with Crippen LogP contribution in [0.1, 0.15) is 43.8 Å². The van der Waals surface area contributed by atoms with E-state index in [1.807, 2.05) is 0 Å². The molecule has 6 heteroatoms.